The van der Waals surface area contributed by atoms with Gasteiger partial charge >= 0.3 is 0 Å². The average molecular weight is 348 g/mol. The van der Waals surface area contributed by atoms with Crippen molar-refractivity contribution in [3.63, 3.8) is 0 Å². The van der Waals surface area contributed by atoms with Crippen LogP contribution in [0.2, 0.25) is 0 Å². The first-order chi connectivity index (χ1) is 12.7. The van der Waals surface area contributed by atoms with Gasteiger partial charge in [-0.05, 0) is 24.5 Å². The van der Waals surface area contributed by atoms with Crippen molar-refractivity contribution in [1.82, 2.24) is 24.3 Å². The van der Waals surface area contributed by atoms with Crippen molar-refractivity contribution in [2.45, 2.75) is 19.3 Å². The number of hydrogen-bond donors (Lipinski definition) is 1. The summed E-state index contributed by atoms with van der Waals surface area (Å²) in [5, 5.41) is 0. The summed E-state index contributed by atoms with van der Waals surface area (Å²) in [6, 6.07) is 2.02. The maximum Gasteiger partial charge on any atom is 0.272 e. The number of aromatic nitrogens is 4. The Morgan fingerprint density at radius 1 is 1.31 bits per heavy atom. The van der Waals surface area contributed by atoms with Gasteiger partial charge in [0.05, 0.1) is 30.0 Å². The van der Waals surface area contributed by atoms with Gasteiger partial charge in [0, 0.05) is 25.2 Å². The molecule has 7 heteroatoms. The third kappa shape index (κ3) is 2.27. The highest BCUT2D eigenvalue weighted by atomic mass is 16.2. The number of nitrogens with one attached hydrogen (secondary N) is 1. The summed E-state index contributed by atoms with van der Waals surface area (Å²) < 4.78 is 2.17. The number of hydrogen-bond acceptors (Lipinski definition) is 4. The lowest BCUT2D eigenvalue weighted by molar-refractivity contribution is -0.125. The lowest BCUT2D eigenvalue weighted by Gasteiger charge is -2.36. The Kier molecular flexibility index (Phi) is 3.41. The van der Waals surface area contributed by atoms with Gasteiger partial charge in [-0.25, -0.2) is 9.97 Å². The Morgan fingerprint density at radius 2 is 2.19 bits per heavy atom. The van der Waals surface area contributed by atoms with Gasteiger partial charge in [0.15, 0.2) is 5.65 Å². The van der Waals surface area contributed by atoms with Crippen LogP contribution in [0, 0.1) is 5.92 Å². The van der Waals surface area contributed by atoms with Crippen LogP contribution in [0.5, 0.6) is 0 Å². The second-order valence-corrected chi connectivity index (χ2v) is 7.10. The molecule has 2 atom stereocenters. The standard InChI is InChI=1S/C19H20N6O/c1-12-5-8-24(19(26)15-3-2-6-20-15)11-14(12)18-23-10-13-9-22-17-16(25(13)18)4-7-21-17/h2-4,7,9-10,12,14,21H,5-6,8,11H2,1H3/t12-,14+/m0/s1. The molecule has 2 aliphatic rings. The highest BCUT2D eigenvalue weighted by Crippen LogP contribution is 2.33. The van der Waals surface area contributed by atoms with E-state index in [0.717, 1.165) is 35.5 Å². The topological polar surface area (TPSA) is 78.7 Å². The maximum absolute atomic E-state index is 12.8. The quantitative estimate of drug-likeness (QED) is 0.771. The molecule has 2 aliphatic heterocycles. The van der Waals surface area contributed by atoms with Crippen molar-refractivity contribution in [3.8, 4) is 0 Å². The second-order valence-electron chi connectivity index (χ2n) is 7.10. The molecular weight excluding hydrogens is 328 g/mol. The van der Waals surface area contributed by atoms with Crippen LogP contribution in [0.4, 0.5) is 0 Å². The van der Waals surface area contributed by atoms with Gasteiger partial charge in [-0.2, -0.15) is 0 Å². The Morgan fingerprint density at radius 3 is 3.04 bits per heavy atom. The largest absolute Gasteiger partial charge is 0.345 e. The van der Waals surface area contributed by atoms with Crippen molar-refractivity contribution < 1.29 is 4.79 Å². The van der Waals surface area contributed by atoms with Crippen molar-refractivity contribution in [2.24, 2.45) is 10.9 Å². The minimum Gasteiger partial charge on any atom is -0.345 e. The molecule has 1 saturated heterocycles. The molecule has 132 valence electrons. The summed E-state index contributed by atoms with van der Waals surface area (Å²) >= 11 is 0. The highest BCUT2D eigenvalue weighted by molar-refractivity contribution is 6.43. The summed E-state index contributed by atoms with van der Waals surface area (Å²) in [4.78, 5) is 31.3. The van der Waals surface area contributed by atoms with E-state index < -0.39 is 0 Å². The molecule has 26 heavy (non-hydrogen) atoms. The zero-order valence-corrected chi connectivity index (χ0v) is 14.6. The number of carbonyl (C=O) groups excluding carboxylic acids is 1. The molecule has 1 amide bonds. The normalized spacial score (nSPS) is 23.1. The van der Waals surface area contributed by atoms with Gasteiger partial charge in [-0.15, -0.1) is 0 Å². The van der Waals surface area contributed by atoms with Gasteiger partial charge < -0.3 is 9.88 Å². The first-order valence-electron chi connectivity index (χ1n) is 9.02. The molecule has 0 saturated carbocycles. The lowest BCUT2D eigenvalue weighted by Crippen LogP contribution is -2.45. The smallest absolute Gasteiger partial charge is 0.272 e. The minimum atomic E-state index is 0.0324. The highest BCUT2D eigenvalue weighted by Gasteiger charge is 2.34. The number of rotatable bonds is 2. The number of fused-ring (bicyclic) bond motifs is 3. The Bertz CT molecular complexity index is 1060. The van der Waals surface area contributed by atoms with Crippen molar-refractivity contribution in [2.75, 3.05) is 19.6 Å². The Balaban J connectivity index is 1.54. The molecule has 0 unspecified atom stereocenters. The number of aliphatic imine (C=N–C) groups is 1. The number of likely N-dealkylation sites (tertiary alicyclic amines) is 1. The fourth-order valence-electron chi connectivity index (χ4n) is 4.02. The van der Waals surface area contributed by atoms with Crippen LogP contribution >= 0.6 is 0 Å². The van der Waals surface area contributed by atoms with Gasteiger partial charge in [0.25, 0.3) is 5.91 Å². The number of piperidine rings is 1. The molecule has 0 aromatic carbocycles. The van der Waals surface area contributed by atoms with Crippen LogP contribution in [0.3, 0.4) is 0 Å². The lowest BCUT2D eigenvalue weighted by atomic mass is 9.86. The van der Waals surface area contributed by atoms with Gasteiger partial charge in [-0.3, -0.25) is 14.2 Å². The third-order valence-electron chi connectivity index (χ3n) is 5.53. The summed E-state index contributed by atoms with van der Waals surface area (Å²) in [5.41, 5.74) is 3.42. The third-order valence-corrected chi connectivity index (χ3v) is 5.53. The van der Waals surface area contributed by atoms with Gasteiger partial charge in [-0.1, -0.05) is 13.0 Å². The predicted molar refractivity (Wildman–Crippen MR) is 99.4 cm³/mol. The fraction of sp³-hybridized carbons (Fsp3) is 0.368. The first kappa shape index (κ1) is 15.3. The SMILES string of the molecule is C[C@H]1CCN(C(=O)C2=NCC=C2)C[C@H]1c1ncc2cnc3[nH]ccc3n12. The minimum absolute atomic E-state index is 0.0324. The maximum atomic E-state index is 12.8. The zero-order chi connectivity index (χ0) is 17.7. The van der Waals surface area contributed by atoms with E-state index in [-0.39, 0.29) is 11.8 Å². The second kappa shape index (κ2) is 5.79. The average Bonchev–Trinajstić information content (AvgIpc) is 3.40. The van der Waals surface area contributed by atoms with E-state index in [0.29, 0.717) is 24.7 Å². The molecule has 5 rings (SSSR count). The first-order valence-corrected chi connectivity index (χ1v) is 9.02. The molecule has 0 radical (unpaired) electrons. The predicted octanol–water partition coefficient (Wildman–Crippen LogP) is 2.17. The Hall–Kier alpha value is -2.96. The van der Waals surface area contributed by atoms with E-state index in [1.54, 1.807) is 0 Å². The van der Waals surface area contributed by atoms with E-state index in [2.05, 4.69) is 26.3 Å². The van der Waals surface area contributed by atoms with Crippen LogP contribution < -0.4 is 0 Å². The monoisotopic (exact) mass is 348 g/mol. The number of imidazole rings is 1. The van der Waals surface area contributed by atoms with Crippen LogP contribution in [0.1, 0.15) is 25.1 Å². The molecule has 0 spiro atoms. The Labute approximate surface area is 150 Å². The number of carbonyl (C=O) groups is 1. The van der Waals surface area contributed by atoms with E-state index in [1.165, 1.54) is 0 Å². The molecule has 5 heterocycles. The molecule has 3 aromatic heterocycles. The summed E-state index contributed by atoms with van der Waals surface area (Å²) in [6.07, 6.45) is 10.3. The molecule has 3 aromatic rings. The summed E-state index contributed by atoms with van der Waals surface area (Å²) in [5.74, 6) is 1.67. The number of amides is 1. The van der Waals surface area contributed by atoms with Gasteiger partial charge in [0.2, 0.25) is 0 Å². The zero-order valence-electron chi connectivity index (χ0n) is 14.6. The van der Waals surface area contributed by atoms with E-state index >= 15 is 0 Å². The molecule has 7 nitrogen and oxygen atoms in total. The number of H-pyrrole nitrogens is 1. The van der Waals surface area contributed by atoms with Crippen molar-refractivity contribution in [3.05, 3.63) is 42.6 Å². The van der Waals surface area contributed by atoms with E-state index in [1.807, 2.05) is 41.7 Å². The van der Waals surface area contributed by atoms with Crippen LogP contribution in [0.25, 0.3) is 16.7 Å². The molecular formula is C19H20N6O. The molecule has 1 N–H and O–H groups in total. The van der Waals surface area contributed by atoms with Crippen molar-refractivity contribution >= 4 is 28.3 Å². The van der Waals surface area contributed by atoms with E-state index in [4.69, 9.17) is 4.98 Å². The van der Waals surface area contributed by atoms with Crippen LogP contribution in [-0.4, -0.2) is 55.5 Å². The van der Waals surface area contributed by atoms with E-state index in [9.17, 15) is 4.79 Å². The van der Waals surface area contributed by atoms with Crippen molar-refractivity contribution in [1.29, 1.82) is 0 Å². The molecule has 1 fully saturated rings. The van der Waals surface area contributed by atoms with Crippen LogP contribution in [0.15, 0.2) is 41.8 Å². The van der Waals surface area contributed by atoms with Crippen LogP contribution in [-0.2, 0) is 4.79 Å². The number of nitrogens with zero attached hydrogens (tertiary/aromatic N) is 5. The van der Waals surface area contributed by atoms with Gasteiger partial charge in [0.1, 0.15) is 11.5 Å². The fourth-order valence-corrected chi connectivity index (χ4v) is 4.02. The molecule has 0 bridgehead atoms. The number of aromatic amines is 1. The summed E-state index contributed by atoms with van der Waals surface area (Å²) in [7, 11) is 0. The summed E-state index contributed by atoms with van der Waals surface area (Å²) in [6.45, 7) is 4.29. The molecule has 0 aliphatic carbocycles.